The number of nitrogens with zero attached hydrogens (tertiary/aromatic N) is 3. The number of aromatic nitrogens is 2. The lowest BCUT2D eigenvalue weighted by atomic mass is 10.2. The van der Waals surface area contributed by atoms with E-state index in [1.54, 1.807) is 26.0 Å². The summed E-state index contributed by atoms with van der Waals surface area (Å²) in [6, 6.07) is 16.5. The van der Waals surface area contributed by atoms with E-state index in [-0.39, 0.29) is 11.5 Å². The van der Waals surface area contributed by atoms with Crippen LogP contribution in [-0.4, -0.2) is 35.5 Å². The highest BCUT2D eigenvalue weighted by molar-refractivity contribution is 6.01. The van der Waals surface area contributed by atoms with Crippen molar-refractivity contribution in [2.75, 3.05) is 19.0 Å². The minimum absolute atomic E-state index is 0.213. The molecular weight excluding hydrogens is 354 g/mol. The van der Waals surface area contributed by atoms with Gasteiger partial charge in [0.2, 0.25) is 0 Å². The third-order valence-electron chi connectivity index (χ3n) is 4.42. The number of anilines is 1. The number of benzene rings is 2. The normalized spacial score (nSPS) is 11.4. The molecule has 3 rings (SSSR count). The molecule has 7 heteroatoms. The Morgan fingerprint density at radius 3 is 2.32 bits per heavy atom. The summed E-state index contributed by atoms with van der Waals surface area (Å²) in [7, 11) is 3.87. The monoisotopic (exact) mass is 377 g/mol. The van der Waals surface area contributed by atoms with E-state index in [1.807, 2.05) is 61.5 Å². The molecule has 0 radical (unpaired) electrons. The van der Waals surface area contributed by atoms with Gasteiger partial charge in [-0.15, -0.1) is 0 Å². The van der Waals surface area contributed by atoms with Crippen LogP contribution in [0, 0.1) is 6.92 Å². The first-order valence-corrected chi connectivity index (χ1v) is 8.88. The third kappa shape index (κ3) is 3.88. The standard InChI is InChI=1S/C21H23N5O2/c1-14(22-23-20(27)16-10-12-17(13-11-16)25(3)4)19-15(2)24-26(21(19)28)18-8-6-5-7-9-18/h5-13,24H,1-4H3,(H,23,27)/b22-14+. The van der Waals surface area contributed by atoms with Gasteiger partial charge in [0.1, 0.15) is 0 Å². The number of carbonyl (C=O) groups excluding carboxylic acids is 1. The van der Waals surface area contributed by atoms with Crippen molar-refractivity contribution in [2.24, 2.45) is 5.10 Å². The van der Waals surface area contributed by atoms with Gasteiger partial charge in [0.15, 0.2) is 0 Å². The molecule has 144 valence electrons. The number of rotatable bonds is 5. The average molecular weight is 377 g/mol. The summed E-state index contributed by atoms with van der Waals surface area (Å²) in [5, 5.41) is 7.18. The van der Waals surface area contributed by atoms with Gasteiger partial charge in [-0.3, -0.25) is 14.7 Å². The number of nitrogens with one attached hydrogen (secondary N) is 2. The van der Waals surface area contributed by atoms with E-state index in [0.29, 0.717) is 22.5 Å². The molecule has 0 aliphatic carbocycles. The lowest BCUT2D eigenvalue weighted by Crippen LogP contribution is -2.23. The van der Waals surface area contributed by atoms with Gasteiger partial charge in [-0.25, -0.2) is 10.1 Å². The molecule has 2 N–H and O–H groups in total. The van der Waals surface area contributed by atoms with Crippen molar-refractivity contribution in [3.8, 4) is 5.69 Å². The predicted molar refractivity (Wildman–Crippen MR) is 112 cm³/mol. The van der Waals surface area contributed by atoms with E-state index in [2.05, 4.69) is 15.6 Å². The van der Waals surface area contributed by atoms with Gasteiger partial charge >= 0.3 is 0 Å². The number of carbonyl (C=O) groups is 1. The Bertz CT molecular complexity index is 1060. The average Bonchev–Trinajstić information content (AvgIpc) is 3.00. The fourth-order valence-electron chi connectivity index (χ4n) is 2.90. The SMILES string of the molecule is C/C(=N\NC(=O)c1ccc(N(C)C)cc1)c1c(C)[nH]n(-c2ccccc2)c1=O. The summed E-state index contributed by atoms with van der Waals surface area (Å²) < 4.78 is 1.46. The number of hydrogen-bond donors (Lipinski definition) is 2. The lowest BCUT2D eigenvalue weighted by molar-refractivity contribution is 0.0955. The van der Waals surface area contributed by atoms with Gasteiger partial charge in [-0.2, -0.15) is 5.10 Å². The van der Waals surface area contributed by atoms with Crippen molar-refractivity contribution in [3.05, 3.63) is 81.8 Å². The Kier molecular flexibility index (Phi) is 5.44. The minimum Gasteiger partial charge on any atom is -0.378 e. The fraction of sp³-hybridized carbons (Fsp3) is 0.190. The van der Waals surface area contributed by atoms with Crippen LogP contribution in [0.15, 0.2) is 64.5 Å². The number of aryl methyl sites for hydroxylation is 1. The van der Waals surface area contributed by atoms with E-state index in [0.717, 1.165) is 11.4 Å². The Labute approximate surface area is 163 Å². The molecule has 0 aliphatic heterocycles. The second-order valence-electron chi connectivity index (χ2n) is 6.67. The second-order valence-corrected chi connectivity index (χ2v) is 6.67. The van der Waals surface area contributed by atoms with Crippen molar-refractivity contribution < 1.29 is 4.79 Å². The highest BCUT2D eigenvalue weighted by atomic mass is 16.2. The summed E-state index contributed by atoms with van der Waals surface area (Å²) in [4.78, 5) is 27.1. The largest absolute Gasteiger partial charge is 0.378 e. The number of hydrazone groups is 1. The molecule has 7 nitrogen and oxygen atoms in total. The third-order valence-corrected chi connectivity index (χ3v) is 4.42. The van der Waals surface area contributed by atoms with Crippen molar-refractivity contribution in [3.63, 3.8) is 0 Å². The van der Waals surface area contributed by atoms with Crippen LogP contribution in [0.25, 0.3) is 5.69 Å². The van der Waals surface area contributed by atoms with Crippen LogP contribution >= 0.6 is 0 Å². The smallest absolute Gasteiger partial charge is 0.280 e. The van der Waals surface area contributed by atoms with E-state index >= 15 is 0 Å². The number of H-pyrrole nitrogens is 1. The summed E-state index contributed by atoms with van der Waals surface area (Å²) >= 11 is 0. The number of hydrogen-bond acceptors (Lipinski definition) is 4. The van der Waals surface area contributed by atoms with Crippen LogP contribution in [-0.2, 0) is 0 Å². The summed E-state index contributed by atoms with van der Waals surface area (Å²) in [6.07, 6.45) is 0. The van der Waals surface area contributed by atoms with Crippen molar-refractivity contribution >= 4 is 17.3 Å². The zero-order valence-corrected chi connectivity index (χ0v) is 16.4. The van der Waals surface area contributed by atoms with Gasteiger partial charge in [0.25, 0.3) is 11.5 Å². The van der Waals surface area contributed by atoms with Crippen LogP contribution in [0.5, 0.6) is 0 Å². The first kappa shape index (κ1) is 19.2. The Morgan fingerprint density at radius 2 is 1.71 bits per heavy atom. The minimum atomic E-state index is -0.332. The first-order chi connectivity index (χ1) is 13.4. The van der Waals surface area contributed by atoms with Gasteiger partial charge in [0, 0.05) is 31.0 Å². The molecule has 0 bridgehead atoms. The summed E-state index contributed by atoms with van der Waals surface area (Å²) in [6.45, 7) is 3.50. The van der Waals surface area contributed by atoms with Crippen LogP contribution in [0.3, 0.4) is 0 Å². The Balaban J connectivity index is 1.81. The molecule has 28 heavy (non-hydrogen) atoms. The molecule has 0 atom stereocenters. The second kappa shape index (κ2) is 7.96. The molecule has 1 amide bonds. The van der Waals surface area contributed by atoms with E-state index in [4.69, 9.17) is 0 Å². The molecule has 1 aromatic heterocycles. The van der Waals surface area contributed by atoms with Crippen LogP contribution < -0.4 is 15.9 Å². The van der Waals surface area contributed by atoms with Crippen LogP contribution in [0.2, 0.25) is 0 Å². The van der Waals surface area contributed by atoms with Gasteiger partial charge in [0.05, 0.1) is 17.0 Å². The molecule has 0 spiro atoms. The van der Waals surface area contributed by atoms with Crippen LogP contribution in [0.4, 0.5) is 5.69 Å². The maximum Gasteiger partial charge on any atom is 0.280 e. The van der Waals surface area contributed by atoms with E-state index in [1.165, 1.54) is 4.68 Å². The maximum absolute atomic E-state index is 12.8. The highest BCUT2D eigenvalue weighted by Gasteiger charge is 2.15. The molecule has 1 heterocycles. The molecule has 0 saturated carbocycles. The quantitative estimate of drug-likeness (QED) is 0.530. The van der Waals surface area contributed by atoms with Gasteiger partial charge in [-0.05, 0) is 50.2 Å². The zero-order chi connectivity index (χ0) is 20.3. The summed E-state index contributed by atoms with van der Waals surface area (Å²) in [5.74, 6) is -0.332. The number of amides is 1. The first-order valence-electron chi connectivity index (χ1n) is 8.88. The molecule has 0 fully saturated rings. The molecule has 3 aromatic rings. The fourth-order valence-corrected chi connectivity index (χ4v) is 2.90. The molecule has 2 aromatic carbocycles. The number of para-hydroxylation sites is 1. The van der Waals surface area contributed by atoms with Crippen molar-refractivity contribution in [1.29, 1.82) is 0 Å². The topological polar surface area (TPSA) is 82.5 Å². The highest BCUT2D eigenvalue weighted by Crippen LogP contribution is 2.12. The van der Waals surface area contributed by atoms with Gasteiger partial charge in [-0.1, -0.05) is 18.2 Å². The van der Waals surface area contributed by atoms with Crippen molar-refractivity contribution in [2.45, 2.75) is 13.8 Å². The van der Waals surface area contributed by atoms with E-state index in [9.17, 15) is 9.59 Å². The molecule has 0 aliphatic rings. The number of aromatic amines is 1. The molecular formula is C21H23N5O2. The van der Waals surface area contributed by atoms with Gasteiger partial charge < -0.3 is 4.90 Å². The van der Waals surface area contributed by atoms with Crippen LogP contribution in [0.1, 0.15) is 28.5 Å². The molecule has 0 unspecified atom stereocenters. The predicted octanol–water partition coefficient (Wildman–Crippen LogP) is 2.69. The molecule has 0 saturated heterocycles. The maximum atomic E-state index is 12.8. The lowest BCUT2D eigenvalue weighted by Gasteiger charge is -2.12. The van der Waals surface area contributed by atoms with E-state index < -0.39 is 0 Å². The Morgan fingerprint density at radius 1 is 1.07 bits per heavy atom. The zero-order valence-electron chi connectivity index (χ0n) is 16.4. The summed E-state index contributed by atoms with van der Waals surface area (Å²) in [5.41, 5.74) is 6.09. The van der Waals surface area contributed by atoms with Crippen molar-refractivity contribution in [1.82, 2.24) is 15.2 Å². The Hall–Kier alpha value is -3.61.